The van der Waals surface area contributed by atoms with Gasteiger partial charge in [-0.15, -0.1) is 0 Å². The van der Waals surface area contributed by atoms with Crippen LogP contribution in [0.2, 0.25) is 24.2 Å². The summed E-state index contributed by atoms with van der Waals surface area (Å²) in [4.78, 5) is 11.4. The lowest BCUT2D eigenvalue weighted by Gasteiger charge is -2.30. The molecule has 0 aliphatic carbocycles. The van der Waals surface area contributed by atoms with Gasteiger partial charge < -0.3 is 10.4 Å². The molecule has 0 radical (unpaired) electrons. The number of aliphatic hydroxyl groups is 1. The van der Waals surface area contributed by atoms with E-state index in [0.29, 0.717) is 13.0 Å². The molecule has 0 aliphatic heterocycles. The van der Waals surface area contributed by atoms with E-state index in [1.54, 1.807) is 6.04 Å². The van der Waals surface area contributed by atoms with Crippen LogP contribution >= 0.6 is 0 Å². The second-order valence-corrected chi connectivity index (χ2v) is 13.1. The second-order valence-electron chi connectivity index (χ2n) is 7.71. The van der Waals surface area contributed by atoms with Gasteiger partial charge in [-0.3, -0.25) is 4.79 Å². The molecule has 0 rings (SSSR count). The number of rotatable bonds is 18. The standard InChI is InChI=1S/C21H45NO2Si/c1-4-7-8-11-14-19-25(5-2,6-3)20-15-12-9-10-13-16-21(24)22-17-18-23/h23H,4-20H2,1-3H3,(H,22,24). The molecule has 2 N–H and O–H groups in total. The highest BCUT2D eigenvalue weighted by Gasteiger charge is 2.27. The molecule has 0 bridgehead atoms. The molecule has 25 heavy (non-hydrogen) atoms. The van der Waals surface area contributed by atoms with Crippen LogP contribution in [0.15, 0.2) is 0 Å². The number of carbonyl (C=O) groups is 1. The maximum Gasteiger partial charge on any atom is 0.220 e. The molecule has 0 aromatic carbocycles. The van der Waals surface area contributed by atoms with Crippen molar-refractivity contribution in [3.05, 3.63) is 0 Å². The van der Waals surface area contributed by atoms with Crippen molar-refractivity contribution in [1.82, 2.24) is 5.32 Å². The van der Waals surface area contributed by atoms with Crippen molar-refractivity contribution < 1.29 is 9.90 Å². The van der Waals surface area contributed by atoms with Gasteiger partial charge in [-0.25, -0.2) is 0 Å². The van der Waals surface area contributed by atoms with Crippen LogP contribution in [0.4, 0.5) is 0 Å². The normalized spacial score (nSPS) is 11.7. The summed E-state index contributed by atoms with van der Waals surface area (Å²) in [5, 5.41) is 11.4. The summed E-state index contributed by atoms with van der Waals surface area (Å²) >= 11 is 0. The molecular weight excluding hydrogens is 326 g/mol. The van der Waals surface area contributed by atoms with Crippen molar-refractivity contribution in [3.63, 3.8) is 0 Å². The van der Waals surface area contributed by atoms with E-state index in [2.05, 4.69) is 26.1 Å². The summed E-state index contributed by atoms with van der Waals surface area (Å²) in [5.41, 5.74) is 0. The van der Waals surface area contributed by atoms with Crippen molar-refractivity contribution in [2.24, 2.45) is 0 Å². The third-order valence-corrected chi connectivity index (χ3v) is 11.7. The SMILES string of the molecule is CCCCCCC[Si](CC)(CC)CCCCCCCC(=O)NCCO. The Hall–Kier alpha value is -0.353. The van der Waals surface area contributed by atoms with Crippen molar-refractivity contribution in [2.45, 2.75) is 116 Å². The number of hydrogen-bond donors (Lipinski definition) is 2. The first kappa shape index (κ1) is 24.6. The van der Waals surface area contributed by atoms with Crippen LogP contribution in [-0.2, 0) is 4.79 Å². The van der Waals surface area contributed by atoms with E-state index >= 15 is 0 Å². The smallest absolute Gasteiger partial charge is 0.220 e. The van der Waals surface area contributed by atoms with E-state index in [-0.39, 0.29) is 12.5 Å². The molecule has 0 aliphatic rings. The van der Waals surface area contributed by atoms with Crippen molar-refractivity contribution in [1.29, 1.82) is 0 Å². The Kier molecular flexibility index (Phi) is 16.8. The molecule has 0 aromatic heterocycles. The van der Waals surface area contributed by atoms with Crippen molar-refractivity contribution >= 4 is 14.0 Å². The highest BCUT2D eigenvalue weighted by molar-refractivity contribution is 6.79. The molecule has 0 unspecified atom stereocenters. The van der Waals surface area contributed by atoms with Crippen LogP contribution in [0.1, 0.15) is 91.4 Å². The predicted octanol–water partition coefficient (Wildman–Crippen LogP) is 5.89. The lowest BCUT2D eigenvalue weighted by molar-refractivity contribution is -0.121. The molecule has 0 heterocycles. The minimum Gasteiger partial charge on any atom is -0.395 e. The lowest BCUT2D eigenvalue weighted by atomic mass is 10.1. The van der Waals surface area contributed by atoms with Crippen LogP contribution in [0, 0.1) is 0 Å². The van der Waals surface area contributed by atoms with Gasteiger partial charge in [0, 0.05) is 13.0 Å². The average Bonchev–Trinajstić information content (AvgIpc) is 2.63. The lowest BCUT2D eigenvalue weighted by Crippen LogP contribution is -2.31. The van der Waals surface area contributed by atoms with E-state index in [1.165, 1.54) is 69.5 Å². The molecule has 1 amide bonds. The number of nitrogens with one attached hydrogen (secondary N) is 1. The molecule has 150 valence electrons. The van der Waals surface area contributed by atoms with E-state index in [4.69, 9.17) is 5.11 Å². The van der Waals surface area contributed by atoms with Gasteiger partial charge in [0.2, 0.25) is 5.91 Å². The number of unbranched alkanes of at least 4 members (excludes halogenated alkanes) is 8. The number of amides is 1. The summed E-state index contributed by atoms with van der Waals surface area (Å²) in [6.07, 6.45) is 13.9. The summed E-state index contributed by atoms with van der Waals surface area (Å²) in [5.74, 6) is 0.0838. The molecule has 4 heteroatoms. The van der Waals surface area contributed by atoms with Gasteiger partial charge in [0.1, 0.15) is 0 Å². The Bertz CT molecular complexity index is 306. The fraction of sp³-hybridized carbons (Fsp3) is 0.952. The van der Waals surface area contributed by atoms with Gasteiger partial charge in [0.15, 0.2) is 0 Å². The summed E-state index contributed by atoms with van der Waals surface area (Å²) in [6.45, 7) is 7.58. The van der Waals surface area contributed by atoms with Crippen LogP contribution in [0.3, 0.4) is 0 Å². The Balaban J connectivity index is 3.76. The predicted molar refractivity (Wildman–Crippen MR) is 113 cm³/mol. The van der Waals surface area contributed by atoms with Gasteiger partial charge in [0.25, 0.3) is 0 Å². The third kappa shape index (κ3) is 13.5. The first-order valence-electron chi connectivity index (χ1n) is 11.0. The number of aliphatic hydroxyl groups excluding tert-OH is 1. The summed E-state index contributed by atoms with van der Waals surface area (Å²) < 4.78 is 0. The summed E-state index contributed by atoms with van der Waals surface area (Å²) in [6, 6.07) is 5.99. The Morgan fingerprint density at radius 3 is 1.84 bits per heavy atom. The zero-order chi connectivity index (χ0) is 18.8. The fourth-order valence-electron chi connectivity index (χ4n) is 3.79. The first-order chi connectivity index (χ1) is 12.1. The second kappa shape index (κ2) is 17.1. The molecule has 0 saturated heterocycles. The van der Waals surface area contributed by atoms with Crippen LogP contribution in [-0.4, -0.2) is 32.2 Å². The maximum absolute atomic E-state index is 11.4. The van der Waals surface area contributed by atoms with E-state index in [0.717, 1.165) is 12.8 Å². The topological polar surface area (TPSA) is 49.3 Å². The third-order valence-electron chi connectivity index (χ3n) is 5.86. The van der Waals surface area contributed by atoms with E-state index < -0.39 is 8.07 Å². The zero-order valence-electron chi connectivity index (χ0n) is 17.4. The van der Waals surface area contributed by atoms with Crippen LogP contribution in [0.5, 0.6) is 0 Å². The van der Waals surface area contributed by atoms with Crippen LogP contribution in [0.25, 0.3) is 0 Å². The Morgan fingerprint density at radius 1 is 0.800 bits per heavy atom. The van der Waals surface area contributed by atoms with Crippen LogP contribution < -0.4 is 5.32 Å². The molecule has 0 saturated carbocycles. The minimum absolute atomic E-state index is 0.0326. The summed E-state index contributed by atoms with van der Waals surface area (Å²) in [7, 11) is -0.993. The van der Waals surface area contributed by atoms with E-state index in [1.807, 2.05) is 0 Å². The molecule has 0 atom stereocenters. The van der Waals surface area contributed by atoms with Crippen molar-refractivity contribution in [2.75, 3.05) is 13.2 Å². The molecular formula is C21H45NO2Si. The number of hydrogen-bond acceptors (Lipinski definition) is 2. The number of carbonyl (C=O) groups excluding carboxylic acids is 1. The molecule has 3 nitrogen and oxygen atoms in total. The zero-order valence-corrected chi connectivity index (χ0v) is 18.4. The van der Waals surface area contributed by atoms with Gasteiger partial charge >= 0.3 is 0 Å². The minimum atomic E-state index is -0.993. The quantitative estimate of drug-likeness (QED) is 0.233. The van der Waals surface area contributed by atoms with Crippen molar-refractivity contribution in [3.8, 4) is 0 Å². The monoisotopic (exact) mass is 371 g/mol. The Labute approximate surface area is 158 Å². The molecule has 0 spiro atoms. The highest BCUT2D eigenvalue weighted by atomic mass is 28.3. The van der Waals surface area contributed by atoms with Gasteiger partial charge in [-0.2, -0.15) is 0 Å². The fourth-order valence-corrected chi connectivity index (χ4v) is 7.95. The maximum atomic E-state index is 11.4. The molecule has 0 fully saturated rings. The van der Waals surface area contributed by atoms with Gasteiger partial charge in [0.05, 0.1) is 14.7 Å². The van der Waals surface area contributed by atoms with Gasteiger partial charge in [-0.1, -0.05) is 103 Å². The first-order valence-corrected chi connectivity index (χ1v) is 13.8. The largest absolute Gasteiger partial charge is 0.395 e. The highest BCUT2D eigenvalue weighted by Crippen LogP contribution is 2.30. The van der Waals surface area contributed by atoms with E-state index in [9.17, 15) is 4.79 Å². The average molecular weight is 372 g/mol. The van der Waals surface area contributed by atoms with Gasteiger partial charge in [-0.05, 0) is 6.42 Å². The molecule has 0 aromatic rings. The Morgan fingerprint density at radius 2 is 1.32 bits per heavy atom.